The summed E-state index contributed by atoms with van der Waals surface area (Å²) in [4.78, 5) is 0. The maximum Gasteiger partial charge on any atom is 0.0485 e. The first-order valence-corrected chi connectivity index (χ1v) is 8.06. The number of rotatable bonds is 6. The first kappa shape index (κ1) is 15.6. The number of nitrogens with one attached hydrogen (secondary N) is 1. The molecular weight excluding hydrogens is 254 g/mol. The summed E-state index contributed by atoms with van der Waals surface area (Å²) in [5.74, 6) is 0.590. The molecule has 0 fully saturated rings. The van der Waals surface area contributed by atoms with E-state index < -0.39 is 0 Å². The van der Waals surface area contributed by atoms with Crippen LogP contribution in [0, 0.1) is 0 Å². The van der Waals surface area contributed by atoms with Gasteiger partial charge in [-0.25, -0.2) is 0 Å². The largest absolute Gasteiger partial charge is 0.378 e. The summed E-state index contributed by atoms with van der Waals surface area (Å²) in [5.41, 5.74) is 5.41. The fourth-order valence-electron chi connectivity index (χ4n) is 2.63. The van der Waals surface area contributed by atoms with E-state index in [1.54, 1.807) is 0 Å². The molecule has 0 amide bonds. The molecule has 0 aromatic heterocycles. The minimum absolute atomic E-state index is 0.323. The highest BCUT2D eigenvalue weighted by Gasteiger charge is 2.08. The van der Waals surface area contributed by atoms with Crippen molar-refractivity contribution in [2.45, 2.75) is 52.5 Å². The number of benzene rings is 2. The minimum Gasteiger partial charge on any atom is -0.378 e. The Morgan fingerprint density at radius 3 is 2.10 bits per heavy atom. The fraction of sp³-hybridized carbons (Fsp3) is 0.400. The zero-order chi connectivity index (χ0) is 15.2. The van der Waals surface area contributed by atoms with E-state index in [4.69, 9.17) is 0 Å². The van der Waals surface area contributed by atoms with Gasteiger partial charge in [0.05, 0.1) is 0 Å². The molecule has 0 saturated carbocycles. The van der Waals surface area contributed by atoms with Crippen LogP contribution in [0.15, 0.2) is 48.5 Å². The predicted octanol–water partition coefficient (Wildman–Crippen LogP) is 5.94. The molecule has 0 spiro atoms. The monoisotopic (exact) mass is 281 g/mol. The van der Waals surface area contributed by atoms with Crippen LogP contribution in [0.3, 0.4) is 0 Å². The number of aryl methyl sites for hydroxylation is 1. The molecule has 0 aliphatic rings. The predicted molar refractivity (Wildman–Crippen MR) is 93.0 cm³/mol. The lowest BCUT2D eigenvalue weighted by Crippen LogP contribution is -2.08. The number of anilines is 1. The third-order valence-electron chi connectivity index (χ3n) is 4.01. The van der Waals surface area contributed by atoms with Crippen LogP contribution < -0.4 is 5.32 Å². The Morgan fingerprint density at radius 1 is 0.857 bits per heavy atom. The summed E-state index contributed by atoms with van der Waals surface area (Å²) in [7, 11) is 0. The van der Waals surface area contributed by atoms with Crippen LogP contribution in [0.5, 0.6) is 0 Å². The standard InChI is InChI=1S/C20H27N/c1-5-8-19-9-6-7-10-20(19)21-16(4)18-13-11-17(12-14-18)15(2)3/h6-7,9-16,21H,5,8H2,1-4H3. The van der Waals surface area contributed by atoms with Gasteiger partial charge in [-0.3, -0.25) is 0 Å². The molecule has 1 N–H and O–H groups in total. The highest BCUT2D eigenvalue weighted by atomic mass is 14.9. The third kappa shape index (κ3) is 4.10. The van der Waals surface area contributed by atoms with Crippen molar-refractivity contribution in [3.05, 3.63) is 65.2 Å². The molecule has 0 radical (unpaired) electrons. The van der Waals surface area contributed by atoms with E-state index in [9.17, 15) is 0 Å². The van der Waals surface area contributed by atoms with E-state index in [0.717, 1.165) is 6.42 Å². The second-order valence-electron chi connectivity index (χ2n) is 6.09. The molecular formula is C20H27N. The quantitative estimate of drug-likeness (QED) is 0.691. The summed E-state index contributed by atoms with van der Waals surface area (Å²) in [6.07, 6.45) is 2.30. The van der Waals surface area contributed by atoms with Gasteiger partial charge in [0.1, 0.15) is 0 Å². The van der Waals surface area contributed by atoms with Gasteiger partial charge < -0.3 is 5.32 Å². The van der Waals surface area contributed by atoms with E-state index in [-0.39, 0.29) is 0 Å². The molecule has 1 atom stereocenters. The second-order valence-corrected chi connectivity index (χ2v) is 6.09. The summed E-state index contributed by atoms with van der Waals surface area (Å²) in [6.45, 7) is 8.92. The molecule has 0 saturated heterocycles. The molecule has 112 valence electrons. The molecule has 21 heavy (non-hydrogen) atoms. The van der Waals surface area contributed by atoms with Crippen molar-refractivity contribution < 1.29 is 0 Å². The number of para-hydroxylation sites is 1. The van der Waals surface area contributed by atoms with Crippen LogP contribution in [-0.4, -0.2) is 0 Å². The molecule has 2 aromatic rings. The summed E-state index contributed by atoms with van der Waals surface area (Å²) < 4.78 is 0. The molecule has 2 aromatic carbocycles. The first-order chi connectivity index (χ1) is 10.1. The van der Waals surface area contributed by atoms with E-state index in [2.05, 4.69) is 81.5 Å². The van der Waals surface area contributed by atoms with Crippen molar-refractivity contribution in [2.24, 2.45) is 0 Å². The Balaban J connectivity index is 2.12. The molecule has 0 heterocycles. The van der Waals surface area contributed by atoms with E-state index in [1.807, 2.05) is 0 Å². The molecule has 1 heteroatoms. The van der Waals surface area contributed by atoms with Crippen LogP contribution in [0.1, 0.15) is 62.8 Å². The molecule has 0 aliphatic heterocycles. The lowest BCUT2D eigenvalue weighted by molar-refractivity contribution is 0.847. The van der Waals surface area contributed by atoms with Crippen LogP contribution in [-0.2, 0) is 6.42 Å². The topological polar surface area (TPSA) is 12.0 Å². The summed E-state index contributed by atoms with van der Waals surface area (Å²) in [6, 6.07) is 17.9. The normalized spacial score (nSPS) is 12.4. The van der Waals surface area contributed by atoms with Gasteiger partial charge in [-0.2, -0.15) is 0 Å². The van der Waals surface area contributed by atoms with Gasteiger partial charge in [-0.15, -0.1) is 0 Å². The zero-order valence-corrected chi connectivity index (χ0v) is 13.7. The van der Waals surface area contributed by atoms with E-state index >= 15 is 0 Å². The third-order valence-corrected chi connectivity index (χ3v) is 4.01. The second kappa shape index (κ2) is 7.31. The molecule has 2 rings (SSSR count). The van der Waals surface area contributed by atoms with Crippen molar-refractivity contribution in [3.63, 3.8) is 0 Å². The van der Waals surface area contributed by atoms with E-state index in [1.165, 1.54) is 28.8 Å². The Morgan fingerprint density at radius 2 is 1.48 bits per heavy atom. The SMILES string of the molecule is CCCc1ccccc1NC(C)c1ccc(C(C)C)cc1. The van der Waals surface area contributed by atoms with Crippen LogP contribution >= 0.6 is 0 Å². The van der Waals surface area contributed by atoms with Gasteiger partial charge in [-0.05, 0) is 42.0 Å². The van der Waals surface area contributed by atoms with Gasteiger partial charge in [0.25, 0.3) is 0 Å². The number of hydrogen-bond donors (Lipinski definition) is 1. The molecule has 0 bridgehead atoms. The van der Waals surface area contributed by atoms with Gasteiger partial charge in [0.2, 0.25) is 0 Å². The first-order valence-electron chi connectivity index (χ1n) is 8.06. The fourth-order valence-corrected chi connectivity index (χ4v) is 2.63. The van der Waals surface area contributed by atoms with E-state index in [0.29, 0.717) is 12.0 Å². The molecule has 0 aliphatic carbocycles. The van der Waals surface area contributed by atoms with Gasteiger partial charge >= 0.3 is 0 Å². The van der Waals surface area contributed by atoms with Crippen molar-refractivity contribution in [1.82, 2.24) is 0 Å². The minimum atomic E-state index is 0.323. The Kier molecular flexibility index (Phi) is 5.44. The lowest BCUT2D eigenvalue weighted by Gasteiger charge is -2.19. The van der Waals surface area contributed by atoms with Crippen molar-refractivity contribution >= 4 is 5.69 Å². The summed E-state index contributed by atoms with van der Waals surface area (Å²) >= 11 is 0. The van der Waals surface area contributed by atoms with Gasteiger partial charge in [-0.1, -0.05) is 69.7 Å². The Bertz CT molecular complexity index is 554. The number of hydrogen-bond acceptors (Lipinski definition) is 1. The van der Waals surface area contributed by atoms with Crippen molar-refractivity contribution in [2.75, 3.05) is 5.32 Å². The Labute approximate surface area is 129 Å². The average Bonchev–Trinajstić information content (AvgIpc) is 2.49. The Hall–Kier alpha value is -1.76. The van der Waals surface area contributed by atoms with Crippen LogP contribution in [0.2, 0.25) is 0 Å². The summed E-state index contributed by atoms with van der Waals surface area (Å²) in [5, 5.41) is 3.66. The molecule has 1 unspecified atom stereocenters. The highest BCUT2D eigenvalue weighted by molar-refractivity contribution is 5.52. The van der Waals surface area contributed by atoms with Gasteiger partial charge in [0, 0.05) is 11.7 Å². The van der Waals surface area contributed by atoms with Crippen molar-refractivity contribution in [1.29, 1.82) is 0 Å². The molecule has 1 nitrogen and oxygen atoms in total. The maximum absolute atomic E-state index is 3.66. The average molecular weight is 281 g/mol. The van der Waals surface area contributed by atoms with Crippen LogP contribution in [0.4, 0.5) is 5.69 Å². The highest BCUT2D eigenvalue weighted by Crippen LogP contribution is 2.24. The maximum atomic E-state index is 3.66. The lowest BCUT2D eigenvalue weighted by atomic mass is 9.99. The van der Waals surface area contributed by atoms with Gasteiger partial charge in [0.15, 0.2) is 0 Å². The van der Waals surface area contributed by atoms with Crippen molar-refractivity contribution in [3.8, 4) is 0 Å². The van der Waals surface area contributed by atoms with Crippen LogP contribution in [0.25, 0.3) is 0 Å². The zero-order valence-electron chi connectivity index (χ0n) is 13.7. The smallest absolute Gasteiger partial charge is 0.0485 e.